The van der Waals surface area contributed by atoms with E-state index in [1.165, 1.54) is 12.7 Å². The molecule has 0 saturated heterocycles. The highest BCUT2D eigenvalue weighted by molar-refractivity contribution is 7.71. The first-order valence-electron chi connectivity index (χ1n) is 4.02. The second-order valence-corrected chi connectivity index (χ2v) is 3.45. The van der Waals surface area contributed by atoms with Gasteiger partial charge in [0.05, 0.1) is 12.0 Å². The molecule has 1 N–H and O–H groups in total. The van der Waals surface area contributed by atoms with Crippen molar-refractivity contribution in [3.8, 4) is 0 Å². The monoisotopic (exact) mass is 184 g/mol. The van der Waals surface area contributed by atoms with Gasteiger partial charge in [-0.2, -0.15) is 0 Å². The van der Waals surface area contributed by atoms with E-state index in [1.54, 1.807) is 0 Å². The second-order valence-electron chi connectivity index (χ2n) is 3.06. The lowest BCUT2D eigenvalue weighted by Gasteiger charge is -2.25. The molecule has 1 aromatic rings. The molecule has 0 aliphatic heterocycles. The highest BCUT2D eigenvalue weighted by Crippen LogP contribution is 2.36. The Bertz CT molecular complexity index is 343. The van der Waals surface area contributed by atoms with Gasteiger partial charge in [-0.25, -0.2) is 9.37 Å². The first-order chi connectivity index (χ1) is 5.79. The van der Waals surface area contributed by atoms with E-state index < -0.39 is 0 Å². The number of halogens is 1. The van der Waals surface area contributed by atoms with Crippen LogP contribution in [-0.2, 0) is 0 Å². The van der Waals surface area contributed by atoms with Crippen molar-refractivity contribution in [3.05, 3.63) is 22.5 Å². The Morgan fingerprint density at radius 3 is 2.92 bits per heavy atom. The Hall–Kier alpha value is -0.770. The molecule has 0 amide bonds. The molecular formula is C8H9FN2S. The summed E-state index contributed by atoms with van der Waals surface area (Å²) in [6, 6.07) is 0. The topological polar surface area (TPSA) is 28.7 Å². The van der Waals surface area contributed by atoms with Gasteiger partial charge in [-0.15, -0.1) is 0 Å². The maximum atomic E-state index is 13.3. The minimum absolute atomic E-state index is 0.0793. The number of hydrogen-bond acceptors (Lipinski definition) is 2. The van der Waals surface area contributed by atoms with E-state index in [0.29, 0.717) is 11.6 Å². The molecule has 2 rings (SSSR count). The SMILES string of the molecule is Fc1c(C2CCC2)[nH]cnc1=S. The molecule has 64 valence electrons. The van der Waals surface area contributed by atoms with Crippen LogP contribution in [0, 0.1) is 10.5 Å². The van der Waals surface area contributed by atoms with Crippen LogP contribution >= 0.6 is 12.2 Å². The number of nitrogens with one attached hydrogen (secondary N) is 1. The van der Waals surface area contributed by atoms with Gasteiger partial charge in [-0.05, 0) is 12.8 Å². The third-order valence-electron chi connectivity index (χ3n) is 2.34. The zero-order chi connectivity index (χ0) is 8.55. The summed E-state index contributed by atoms with van der Waals surface area (Å²) in [5.41, 5.74) is 0.640. The van der Waals surface area contributed by atoms with Crippen LogP contribution in [0.15, 0.2) is 6.33 Å². The zero-order valence-corrected chi connectivity index (χ0v) is 7.33. The predicted molar refractivity (Wildman–Crippen MR) is 46.0 cm³/mol. The number of rotatable bonds is 1. The van der Waals surface area contributed by atoms with Crippen LogP contribution in [0.25, 0.3) is 0 Å². The Morgan fingerprint density at radius 1 is 1.58 bits per heavy atom. The van der Waals surface area contributed by atoms with Gasteiger partial charge in [0, 0.05) is 5.92 Å². The summed E-state index contributed by atoms with van der Waals surface area (Å²) >= 11 is 4.73. The fourth-order valence-electron chi connectivity index (χ4n) is 1.39. The number of hydrogen-bond donors (Lipinski definition) is 1. The molecular weight excluding hydrogens is 175 g/mol. The standard InChI is InChI=1S/C8H9FN2S/c9-6-7(5-2-1-3-5)10-4-11-8(6)12/h4-5H,1-3H2,(H,10,11,12). The Kier molecular flexibility index (Phi) is 1.92. The van der Waals surface area contributed by atoms with Crippen molar-refractivity contribution >= 4 is 12.2 Å². The quantitative estimate of drug-likeness (QED) is 0.679. The van der Waals surface area contributed by atoms with Crippen LogP contribution in [0.5, 0.6) is 0 Å². The first kappa shape index (κ1) is 7.86. The van der Waals surface area contributed by atoms with Gasteiger partial charge < -0.3 is 4.98 Å². The molecule has 0 spiro atoms. The van der Waals surface area contributed by atoms with Crippen molar-refractivity contribution in [1.82, 2.24) is 9.97 Å². The van der Waals surface area contributed by atoms with E-state index in [2.05, 4.69) is 9.97 Å². The maximum absolute atomic E-state index is 13.3. The normalized spacial score (nSPS) is 17.4. The van der Waals surface area contributed by atoms with E-state index >= 15 is 0 Å². The van der Waals surface area contributed by atoms with Gasteiger partial charge in [-0.1, -0.05) is 18.6 Å². The summed E-state index contributed by atoms with van der Waals surface area (Å²) in [5, 5.41) is 0. The minimum Gasteiger partial charge on any atom is -0.347 e. The predicted octanol–water partition coefficient (Wildman–Crippen LogP) is 2.55. The average molecular weight is 184 g/mol. The van der Waals surface area contributed by atoms with Gasteiger partial charge in [0.15, 0.2) is 10.5 Å². The van der Waals surface area contributed by atoms with Crippen molar-refractivity contribution in [3.63, 3.8) is 0 Å². The fourth-order valence-corrected chi connectivity index (χ4v) is 1.55. The number of aromatic amines is 1. The molecule has 2 nitrogen and oxygen atoms in total. The van der Waals surface area contributed by atoms with E-state index in [4.69, 9.17) is 12.2 Å². The third-order valence-corrected chi connectivity index (χ3v) is 2.62. The minimum atomic E-state index is -0.336. The first-order valence-corrected chi connectivity index (χ1v) is 4.43. The summed E-state index contributed by atoms with van der Waals surface area (Å²) < 4.78 is 13.4. The Balaban J connectivity index is 2.42. The van der Waals surface area contributed by atoms with Crippen molar-refractivity contribution in [1.29, 1.82) is 0 Å². The van der Waals surface area contributed by atoms with Gasteiger partial charge in [0.2, 0.25) is 0 Å². The van der Waals surface area contributed by atoms with E-state index in [9.17, 15) is 4.39 Å². The molecule has 1 heterocycles. The Morgan fingerprint density at radius 2 is 2.33 bits per heavy atom. The van der Waals surface area contributed by atoms with Crippen molar-refractivity contribution in [2.75, 3.05) is 0 Å². The van der Waals surface area contributed by atoms with Crippen LogP contribution in [0.4, 0.5) is 4.39 Å². The second kappa shape index (κ2) is 2.94. The van der Waals surface area contributed by atoms with E-state index in [0.717, 1.165) is 12.8 Å². The summed E-state index contributed by atoms with van der Waals surface area (Å²) in [6.45, 7) is 0. The lowest BCUT2D eigenvalue weighted by molar-refractivity contribution is 0.392. The molecule has 0 radical (unpaired) electrons. The van der Waals surface area contributed by atoms with Crippen molar-refractivity contribution in [2.24, 2.45) is 0 Å². The lowest BCUT2D eigenvalue weighted by Crippen LogP contribution is -2.13. The summed E-state index contributed by atoms with van der Waals surface area (Å²) in [7, 11) is 0. The lowest BCUT2D eigenvalue weighted by atomic mass is 9.83. The highest BCUT2D eigenvalue weighted by atomic mass is 32.1. The molecule has 1 aliphatic carbocycles. The molecule has 0 aromatic carbocycles. The third kappa shape index (κ3) is 1.16. The molecule has 0 atom stereocenters. The van der Waals surface area contributed by atoms with Gasteiger partial charge in [0.25, 0.3) is 0 Å². The van der Waals surface area contributed by atoms with Crippen LogP contribution in [0.3, 0.4) is 0 Å². The van der Waals surface area contributed by atoms with Crippen molar-refractivity contribution < 1.29 is 4.39 Å². The van der Waals surface area contributed by atoms with E-state index in [-0.39, 0.29) is 10.5 Å². The molecule has 0 bridgehead atoms. The highest BCUT2D eigenvalue weighted by Gasteiger charge is 2.23. The smallest absolute Gasteiger partial charge is 0.179 e. The van der Waals surface area contributed by atoms with Crippen LogP contribution in [-0.4, -0.2) is 9.97 Å². The summed E-state index contributed by atoms with van der Waals surface area (Å²) in [4.78, 5) is 6.49. The summed E-state index contributed by atoms with van der Waals surface area (Å²) in [5.74, 6) is 0.00639. The summed E-state index contributed by atoms with van der Waals surface area (Å²) in [6.07, 6.45) is 4.78. The Labute approximate surface area is 74.8 Å². The van der Waals surface area contributed by atoms with Gasteiger partial charge >= 0.3 is 0 Å². The number of nitrogens with zero attached hydrogens (tertiary/aromatic N) is 1. The van der Waals surface area contributed by atoms with Crippen LogP contribution in [0.1, 0.15) is 30.9 Å². The molecule has 0 unspecified atom stereocenters. The molecule has 1 aliphatic rings. The average Bonchev–Trinajstić information content (AvgIpc) is 1.95. The largest absolute Gasteiger partial charge is 0.347 e. The molecule has 1 aromatic heterocycles. The molecule has 12 heavy (non-hydrogen) atoms. The molecule has 4 heteroatoms. The van der Waals surface area contributed by atoms with Gasteiger partial charge in [0.1, 0.15) is 0 Å². The van der Waals surface area contributed by atoms with Gasteiger partial charge in [-0.3, -0.25) is 0 Å². The van der Waals surface area contributed by atoms with Crippen LogP contribution < -0.4 is 0 Å². The maximum Gasteiger partial charge on any atom is 0.179 e. The molecule has 1 saturated carbocycles. The fraction of sp³-hybridized carbons (Fsp3) is 0.500. The number of aromatic nitrogens is 2. The zero-order valence-electron chi connectivity index (χ0n) is 6.51. The van der Waals surface area contributed by atoms with Crippen LogP contribution in [0.2, 0.25) is 0 Å². The molecule has 1 fully saturated rings. The van der Waals surface area contributed by atoms with Crippen molar-refractivity contribution in [2.45, 2.75) is 25.2 Å². The number of H-pyrrole nitrogens is 1. The van der Waals surface area contributed by atoms with E-state index in [1.807, 2.05) is 0 Å².